The molecule has 0 fully saturated rings. The predicted octanol–water partition coefficient (Wildman–Crippen LogP) is 5.75. The number of carbonyl (C=O) groups excluding carboxylic acids is 8. The topological polar surface area (TPSA) is 185 Å². The van der Waals surface area contributed by atoms with Gasteiger partial charge in [0.15, 0.2) is 0 Å². The second-order valence-electron chi connectivity index (χ2n) is 13.2. The van der Waals surface area contributed by atoms with E-state index in [1.165, 1.54) is 0 Å². The van der Waals surface area contributed by atoms with Gasteiger partial charge in [-0.2, -0.15) is 0 Å². The molecule has 4 aliphatic rings. The zero-order chi connectivity index (χ0) is 38.3. The molecule has 0 atom stereocenters. The molecule has 0 bridgehead atoms. The Balaban J connectivity index is 0.000000134. The molecule has 4 heterocycles. The molecule has 0 unspecified atom stereocenters. The number of anilines is 4. The molecule has 0 aromatic heterocycles. The van der Waals surface area contributed by atoms with Crippen molar-refractivity contribution in [3.05, 3.63) is 115 Å². The second kappa shape index (κ2) is 14.0. The maximum Gasteiger partial charge on any atom is 0.296 e. The number of nitrogens with one attached hydrogen (secondary N) is 4. The molecule has 12 nitrogen and oxygen atoms in total. The van der Waals surface area contributed by atoms with E-state index in [1.807, 2.05) is 79.7 Å². The van der Waals surface area contributed by atoms with Crippen LogP contribution in [0.4, 0.5) is 22.7 Å². The molecule has 8 rings (SSSR count). The van der Waals surface area contributed by atoms with Crippen molar-refractivity contribution in [2.45, 2.75) is 55.4 Å². The summed E-state index contributed by atoms with van der Waals surface area (Å²) in [6.45, 7) is 15.1. The van der Waals surface area contributed by atoms with Crippen LogP contribution in [0.5, 0.6) is 0 Å². The van der Waals surface area contributed by atoms with E-state index < -0.39 is 46.8 Å². The highest BCUT2D eigenvalue weighted by Gasteiger charge is 2.31. The minimum Gasteiger partial charge on any atom is -0.318 e. The van der Waals surface area contributed by atoms with E-state index in [9.17, 15) is 38.4 Å². The van der Waals surface area contributed by atoms with Crippen molar-refractivity contribution < 1.29 is 38.4 Å². The summed E-state index contributed by atoms with van der Waals surface area (Å²) >= 11 is 0. The van der Waals surface area contributed by atoms with Crippen molar-refractivity contribution in [1.29, 1.82) is 0 Å². The zero-order valence-corrected chi connectivity index (χ0v) is 29.9. The Morgan fingerprint density at radius 3 is 0.635 bits per heavy atom. The summed E-state index contributed by atoms with van der Waals surface area (Å²) < 4.78 is 0. The Kier molecular flexibility index (Phi) is 9.87. The number of benzene rings is 4. The average molecular weight is 701 g/mol. The van der Waals surface area contributed by atoms with Crippen molar-refractivity contribution in [2.75, 3.05) is 21.3 Å². The number of rotatable bonds is 0. The molecule has 4 aromatic rings. The first kappa shape index (κ1) is 36.7. The number of amides is 4. The third kappa shape index (κ3) is 7.04. The average Bonchev–Trinajstić information content (AvgIpc) is 3.73. The van der Waals surface area contributed by atoms with Gasteiger partial charge < -0.3 is 21.3 Å². The maximum absolute atomic E-state index is 11.3. The van der Waals surface area contributed by atoms with Crippen LogP contribution in [-0.2, 0) is 19.2 Å². The smallest absolute Gasteiger partial charge is 0.296 e. The van der Waals surface area contributed by atoms with Crippen molar-refractivity contribution in [2.24, 2.45) is 0 Å². The number of hydrogen-bond acceptors (Lipinski definition) is 8. The Labute approximate surface area is 299 Å². The summed E-state index contributed by atoms with van der Waals surface area (Å²) in [6.07, 6.45) is 0. The van der Waals surface area contributed by atoms with Gasteiger partial charge in [0.05, 0.1) is 45.0 Å². The molecular formula is C40H36N4O8. The SMILES string of the molecule is Cc1cc(C)c2c(c1)C(=O)C(=O)N2.Cc1cc(C)c2c(c1)C(=O)C(=O)N2.Cc1cc(C)c2c(c1)C(=O)C(=O)N2.Cc1cc(C)c2c(c1)C(=O)C(=O)N2. The number of Topliss-reactive ketones (excluding diaryl/α,β-unsaturated/α-hetero) is 4. The molecule has 0 radical (unpaired) electrons. The lowest BCUT2D eigenvalue weighted by Crippen LogP contribution is -2.12. The third-order valence-corrected chi connectivity index (χ3v) is 8.68. The molecular weight excluding hydrogens is 664 g/mol. The highest BCUT2D eigenvalue weighted by Crippen LogP contribution is 2.30. The monoisotopic (exact) mass is 700 g/mol. The van der Waals surface area contributed by atoms with Gasteiger partial charge in [0.1, 0.15) is 0 Å². The van der Waals surface area contributed by atoms with E-state index in [0.29, 0.717) is 45.0 Å². The van der Waals surface area contributed by atoms with Crippen LogP contribution in [-0.4, -0.2) is 46.8 Å². The van der Waals surface area contributed by atoms with Crippen molar-refractivity contribution in [3.63, 3.8) is 0 Å². The summed E-state index contributed by atoms with van der Waals surface area (Å²) in [5.74, 6) is -3.81. The van der Waals surface area contributed by atoms with E-state index in [2.05, 4.69) is 21.3 Å². The Morgan fingerprint density at radius 2 is 0.462 bits per heavy atom. The van der Waals surface area contributed by atoms with Crippen molar-refractivity contribution in [1.82, 2.24) is 0 Å². The first-order valence-corrected chi connectivity index (χ1v) is 16.3. The molecule has 12 heteroatoms. The van der Waals surface area contributed by atoms with Gasteiger partial charge in [-0.3, -0.25) is 38.4 Å². The van der Waals surface area contributed by atoms with Crippen LogP contribution in [0.1, 0.15) is 85.9 Å². The molecule has 0 spiro atoms. The molecule has 4 aromatic carbocycles. The second-order valence-corrected chi connectivity index (χ2v) is 13.2. The molecule has 4 aliphatic heterocycles. The summed E-state index contributed by atoms with van der Waals surface area (Å²) in [4.78, 5) is 89.3. The first-order chi connectivity index (χ1) is 24.4. The molecule has 52 heavy (non-hydrogen) atoms. The molecule has 264 valence electrons. The largest absolute Gasteiger partial charge is 0.318 e. The van der Waals surface area contributed by atoms with Gasteiger partial charge in [-0.1, -0.05) is 24.3 Å². The Morgan fingerprint density at radius 1 is 0.288 bits per heavy atom. The fourth-order valence-corrected chi connectivity index (χ4v) is 6.42. The maximum atomic E-state index is 11.3. The van der Waals surface area contributed by atoms with Crippen LogP contribution in [0.2, 0.25) is 0 Å². The molecule has 0 saturated heterocycles. The minimum absolute atomic E-state index is 0.429. The first-order valence-electron chi connectivity index (χ1n) is 16.3. The van der Waals surface area contributed by atoms with E-state index in [-0.39, 0.29) is 0 Å². The molecule has 0 saturated carbocycles. The summed E-state index contributed by atoms with van der Waals surface area (Å²) in [5, 5.41) is 10.2. The number of ketones is 4. The van der Waals surface area contributed by atoms with Gasteiger partial charge in [0, 0.05) is 0 Å². The summed E-state index contributed by atoms with van der Waals surface area (Å²) in [7, 11) is 0. The predicted molar refractivity (Wildman–Crippen MR) is 196 cm³/mol. The van der Waals surface area contributed by atoms with Gasteiger partial charge in [0.2, 0.25) is 0 Å². The van der Waals surface area contributed by atoms with Gasteiger partial charge in [-0.25, -0.2) is 0 Å². The summed E-state index contributed by atoms with van der Waals surface area (Å²) in [5.41, 5.74) is 12.4. The molecule has 0 aliphatic carbocycles. The number of carbonyl (C=O) groups is 8. The fraction of sp³-hybridized carbons (Fsp3) is 0.200. The normalized spacial score (nSPS) is 14.3. The van der Waals surface area contributed by atoms with E-state index >= 15 is 0 Å². The standard InChI is InChI=1S/4C10H9NO2/c4*1-5-3-6(2)8-7(4-5)9(12)10(13)11-8/h4*3-4H,1-2H3,(H,11,12,13). The van der Waals surface area contributed by atoms with Crippen LogP contribution < -0.4 is 21.3 Å². The Bertz CT molecular complexity index is 2010. The van der Waals surface area contributed by atoms with Gasteiger partial charge in [-0.15, -0.1) is 0 Å². The van der Waals surface area contributed by atoms with Crippen LogP contribution in [0.15, 0.2) is 48.5 Å². The van der Waals surface area contributed by atoms with Gasteiger partial charge >= 0.3 is 0 Å². The van der Waals surface area contributed by atoms with E-state index in [4.69, 9.17) is 0 Å². The zero-order valence-electron chi connectivity index (χ0n) is 29.9. The number of aryl methyl sites for hydroxylation is 8. The number of fused-ring (bicyclic) bond motifs is 4. The summed E-state index contributed by atoms with van der Waals surface area (Å²) in [6, 6.07) is 14.7. The van der Waals surface area contributed by atoms with Crippen LogP contribution in [0.3, 0.4) is 0 Å². The van der Waals surface area contributed by atoms with Gasteiger partial charge in [0.25, 0.3) is 46.8 Å². The fourth-order valence-electron chi connectivity index (χ4n) is 6.42. The van der Waals surface area contributed by atoms with Crippen LogP contribution in [0, 0.1) is 55.4 Å². The van der Waals surface area contributed by atoms with Crippen LogP contribution >= 0.6 is 0 Å². The van der Waals surface area contributed by atoms with E-state index in [0.717, 1.165) is 44.5 Å². The lowest BCUT2D eigenvalue weighted by atomic mass is 10.0. The van der Waals surface area contributed by atoms with Gasteiger partial charge in [-0.05, 0) is 124 Å². The van der Waals surface area contributed by atoms with Crippen molar-refractivity contribution >= 4 is 69.5 Å². The lowest BCUT2D eigenvalue weighted by Gasteiger charge is -2.02. The van der Waals surface area contributed by atoms with Crippen LogP contribution in [0.25, 0.3) is 0 Å². The molecule has 4 N–H and O–H groups in total. The number of hydrogen-bond donors (Lipinski definition) is 4. The van der Waals surface area contributed by atoms with Crippen molar-refractivity contribution in [3.8, 4) is 0 Å². The highest BCUT2D eigenvalue weighted by atomic mass is 16.2. The minimum atomic E-state index is -0.524. The molecule has 4 amide bonds. The van der Waals surface area contributed by atoms with E-state index in [1.54, 1.807) is 24.3 Å². The highest BCUT2D eigenvalue weighted by molar-refractivity contribution is 6.53. The lowest BCUT2D eigenvalue weighted by molar-refractivity contribution is -0.112. The third-order valence-electron chi connectivity index (χ3n) is 8.68. The Hall–Kier alpha value is -6.56. The quantitative estimate of drug-likeness (QED) is 0.167.